The van der Waals surface area contributed by atoms with Crippen LogP contribution in [0.15, 0.2) is 36.7 Å². The molecule has 0 radical (unpaired) electrons. The number of benzene rings is 1. The third-order valence-electron chi connectivity index (χ3n) is 5.24. The quantitative estimate of drug-likeness (QED) is 0.883. The van der Waals surface area contributed by atoms with Crippen molar-refractivity contribution in [3.8, 4) is 0 Å². The highest BCUT2D eigenvalue weighted by molar-refractivity contribution is 5.85. The molecule has 21 heavy (non-hydrogen) atoms. The highest BCUT2D eigenvalue weighted by Crippen LogP contribution is 2.40. The van der Waals surface area contributed by atoms with E-state index in [0.717, 1.165) is 41.0 Å². The summed E-state index contributed by atoms with van der Waals surface area (Å²) in [7, 11) is 0. The molecule has 1 saturated carbocycles. The molecule has 1 N–H and O–H groups in total. The largest absolute Gasteiger partial charge is 0.388 e. The van der Waals surface area contributed by atoms with Gasteiger partial charge in [-0.1, -0.05) is 32.0 Å². The number of hydrogen-bond donors (Lipinski definition) is 1. The standard InChI is InChI=1S/C19H25NO/c1-13(2)14-6-8-16(9-7-14)19(21)17-5-3-4-15-10-11-20-12-18(15)17/h3-5,10-14,16,19,21H,6-9H2,1-2H3. The van der Waals surface area contributed by atoms with Gasteiger partial charge in [0.25, 0.3) is 0 Å². The average molecular weight is 283 g/mol. The summed E-state index contributed by atoms with van der Waals surface area (Å²) in [5.41, 5.74) is 1.05. The van der Waals surface area contributed by atoms with E-state index in [1.807, 2.05) is 24.5 Å². The van der Waals surface area contributed by atoms with Gasteiger partial charge in [0.2, 0.25) is 0 Å². The Morgan fingerprint density at radius 1 is 1.05 bits per heavy atom. The molecule has 1 aliphatic carbocycles. The molecular weight excluding hydrogens is 258 g/mol. The average Bonchev–Trinajstić information content (AvgIpc) is 2.53. The Labute approximate surface area is 127 Å². The molecule has 0 aliphatic heterocycles. The summed E-state index contributed by atoms with van der Waals surface area (Å²) >= 11 is 0. The Hall–Kier alpha value is -1.41. The lowest BCUT2D eigenvalue weighted by Crippen LogP contribution is -2.23. The van der Waals surface area contributed by atoms with Gasteiger partial charge in [-0.25, -0.2) is 0 Å². The molecule has 0 amide bonds. The van der Waals surface area contributed by atoms with E-state index in [2.05, 4.69) is 31.0 Å². The van der Waals surface area contributed by atoms with Crippen molar-refractivity contribution in [2.45, 2.75) is 45.6 Å². The third-order valence-corrected chi connectivity index (χ3v) is 5.24. The second-order valence-electron chi connectivity index (χ2n) is 6.81. The summed E-state index contributed by atoms with van der Waals surface area (Å²) in [5, 5.41) is 13.1. The lowest BCUT2D eigenvalue weighted by Gasteiger charge is -2.33. The number of aliphatic hydroxyl groups excluding tert-OH is 1. The fourth-order valence-corrected chi connectivity index (χ4v) is 3.78. The summed E-state index contributed by atoms with van der Waals surface area (Å²) in [5.74, 6) is 2.00. The summed E-state index contributed by atoms with van der Waals surface area (Å²) < 4.78 is 0. The van der Waals surface area contributed by atoms with E-state index in [0.29, 0.717) is 5.92 Å². The van der Waals surface area contributed by atoms with Crippen molar-refractivity contribution in [2.24, 2.45) is 17.8 Å². The maximum atomic E-state index is 10.8. The van der Waals surface area contributed by atoms with Crippen molar-refractivity contribution < 1.29 is 5.11 Å². The van der Waals surface area contributed by atoms with Crippen LogP contribution in [0.1, 0.15) is 51.2 Å². The minimum absolute atomic E-state index is 0.356. The number of nitrogens with zero attached hydrogens (tertiary/aromatic N) is 1. The van der Waals surface area contributed by atoms with Crippen LogP contribution in [-0.4, -0.2) is 10.1 Å². The van der Waals surface area contributed by atoms with Crippen LogP contribution in [0.2, 0.25) is 0 Å². The van der Waals surface area contributed by atoms with E-state index in [-0.39, 0.29) is 6.10 Å². The summed E-state index contributed by atoms with van der Waals surface area (Å²) in [6.45, 7) is 4.63. The van der Waals surface area contributed by atoms with Gasteiger partial charge in [-0.2, -0.15) is 0 Å². The first-order valence-corrected chi connectivity index (χ1v) is 8.17. The molecule has 112 valence electrons. The van der Waals surface area contributed by atoms with Gasteiger partial charge in [0, 0.05) is 17.8 Å². The predicted octanol–water partition coefficient (Wildman–Crippen LogP) is 4.73. The fourth-order valence-electron chi connectivity index (χ4n) is 3.78. The van der Waals surface area contributed by atoms with Crippen LogP contribution in [-0.2, 0) is 0 Å². The Kier molecular flexibility index (Phi) is 4.25. The zero-order chi connectivity index (χ0) is 14.8. The highest BCUT2D eigenvalue weighted by Gasteiger charge is 2.29. The molecule has 1 aromatic heterocycles. The lowest BCUT2D eigenvalue weighted by atomic mass is 9.74. The van der Waals surface area contributed by atoms with Crippen LogP contribution in [0.5, 0.6) is 0 Å². The molecule has 1 aliphatic rings. The van der Waals surface area contributed by atoms with Crippen LogP contribution in [0, 0.1) is 17.8 Å². The van der Waals surface area contributed by atoms with E-state index < -0.39 is 0 Å². The molecule has 1 aromatic carbocycles. The summed E-state index contributed by atoms with van der Waals surface area (Å²) in [6, 6.07) is 8.20. The summed E-state index contributed by atoms with van der Waals surface area (Å²) in [6.07, 6.45) is 8.12. The Bertz CT molecular complexity index is 594. The van der Waals surface area contributed by atoms with Gasteiger partial charge >= 0.3 is 0 Å². The zero-order valence-corrected chi connectivity index (χ0v) is 13.0. The van der Waals surface area contributed by atoms with Crippen LogP contribution in [0.3, 0.4) is 0 Å². The molecule has 1 fully saturated rings. The van der Waals surface area contributed by atoms with Crippen LogP contribution in [0.4, 0.5) is 0 Å². The highest BCUT2D eigenvalue weighted by atomic mass is 16.3. The van der Waals surface area contributed by atoms with E-state index in [4.69, 9.17) is 0 Å². The van der Waals surface area contributed by atoms with Gasteiger partial charge in [-0.15, -0.1) is 0 Å². The van der Waals surface area contributed by atoms with Gasteiger partial charge in [0.15, 0.2) is 0 Å². The topological polar surface area (TPSA) is 33.1 Å². The molecule has 1 heterocycles. The SMILES string of the molecule is CC(C)C1CCC(C(O)c2cccc3ccncc23)CC1. The molecule has 0 spiro atoms. The number of pyridine rings is 1. The molecule has 1 atom stereocenters. The van der Waals surface area contributed by atoms with Gasteiger partial charge in [0.05, 0.1) is 6.10 Å². The van der Waals surface area contributed by atoms with Crippen LogP contribution >= 0.6 is 0 Å². The first-order chi connectivity index (χ1) is 10.2. The van der Waals surface area contributed by atoms with Crippen LogP contribution < -0.4 is 0 Å². The van der Waals surface area contributed by atoms with E-state index >= 15 is 0 Å². The maximum absolute atomic E-state index is 10.8. The molecule has 3 rings (SSSR count). The van der Waals surface area contributed by atoms with Crippen molar-refractivity contribution in [2.75, 3.05) is 0 Å². The smallest absolute Gasteiger partial charge is 0.0824 e. The first kappa shape index (κ1) is 14.5. The van der Waals surface area contributed by atoms with Gasteiger partial charge in [-0.3, -0.25) is 4.98 Å². The zero-order valence-electron chi connectivity index (χ0n) is 13.0. The third kappa shape index (κ3) is 2.96. The monoisotopic (exact) mass is 283 g/mol. The Balaban J connectivity index is 1.80. The van der Waals surface area contributed by atoms with Gasteiger partial charge in [-0.05, 0) is 60.5 Å². The van der Waals surface area contributed by atoms with Crippen molar-refractivity contribution in [1.29, 1.82) is 0 Å². The Morgan fingerprint density at radius 3 is 2.48 bits per heavy atom. The second kappa shape index (κ2) is 6.15. The maximum Gasteiger partial charge on any atom is 0.0824 e. The number of aliphatic hydroxyl groups is 1. The molecule has 1 unspecified atom stereocenters. The number of aromatic nitrogens is 1. The molecular formula is C19H25NO. The molecule has 0 bridgehead atoms. The van der Waals surface area contributed by atoms with Crippen LogP contribution in [0.25, 0.3) is 10.8 Å². The van der Waals surface area contributed by atoms with Gasteiger partial charge in [0.1, 0.15) is 0 Å². The Morgan fingerprint density at radius 2 is 1.76 bits per heavy atom. The minimum Gasteiger partial charge on any atom is -0.388 e. The normalized spacial score (nSPS) is 24.4. The van der Waals surface area contributed by atoms with Crippen molar-refractivity contribution in [1.82, 2.24) is 4.98 Å². The first-order valence-electron chi connectivity index (χ1n) is 8.17. The van der Waals surface area contributed by atoms with E-state index in [1.54, 1.807) is 0 Å². The van der Waals surface area contributed by atoms with Gasteiger partial charge < -0.3 is 5.11 Å². The van der Waals surface area contributed by atoms with Crippen molar-refractivity contribution in [3.63, 3.8) is 0 Å². The second-order valence-corrected chi connectivity index (χ2v) is 6.81. The molecule has 2 aromatic rings. The molecule has 2 heteroatoms. The predicted molar refractivity (Wildman–Crippen MR) is 87.0 cm³/mol. The van der Waals surface area contributed by atoms with E-state index in [1.165, 1.54) is 12.8 Å². The minimum atomic E-state index is -0.356. The van der Waals surface area contributed by atoms with Crippen molar-refractivity contribution in [3.05, 3.63) is 42.2 Å². The number of fused-ring (bicyclic) bond motifs is 1. The summed E-state index contributed by atoms with van der Waals surface area (Å²) in [4.78, 5) is 4.23. The van der Waals surface area contributed by atoms with Crippen molar-refractivity contribution >= 4 is 10.8 Å². The molecule has 0 saturated heterocycles. The molecule has 2 nitrogen and oxygen atoms in total. The lowest BCUT2D eigenvalue weighted by molar-refractivity contribution is 0.0678. The van der Waals surface area contributed by atoms with E-state index in [9.17, 15) is 5.11 Å². The number of rotatable bonds is 3. The fraction of sp³-hybridized carbons (Fsp3) is 0.526. The number of hydrogen-bond acceptors (Lipinski definition) is 2.